The lowest BCUT2D eigenvalue weighted by molar-refractivity contribution is -0.134. The Morgan fingerprint density at radius 1 is 1.45 bits per heavy atom. The summed E-state index contributed by atoms with van der Waals surface area (Å²) in [5, 5.41) is 8.83. The zero-order chi connectivity index (χ0) is 15.5. The third kappa shape index (κ3) is 2.98. The third-order valence-corrected chi connectivity index (χ3v) is 5.05. The average Bonchev–Trinajstić information content (AvgIpc) is 2.94. The van der Waals surface area contributed by atoms with Crippen LogP contribution in [0.4, 0.5) is 0 Å². The molecule has 0 radical (unpaired) electrons. The Kier molecular flexibility index (Phi) is 4.40. The number of nitrogens with zero attached hydrogens (tertiary/aromatic N) is 1. The maximum Gasteiger partial charge on any atom is 0.237 e. The number of carbonyl (C=O) groups is 2. The number of rotatable bonds is 4. The zero-order valence-corrected chi connectivity index (χ0v) is 13.3. The molecule has 5 nitrogen and oxygen atoms in total. The topological polar surface area (TPSA) is 61.4 Å². The van der Waals surface area contributed by atoms with Crippen LogP contribution in [0.5, 0.6) is 0 Å². The molecular formula is C16H19N3O2S. The predicted octanol–water partition coefficient (Wildman–Crippen LogP) is 1.34. The predicted molar refractivity (Wildman–Crippen MR) is 87.7 cm³/mol. The van der Waals surface area contributed by atoms with E-state index in [-0.39, 0.29) is 18.2 Å². The van der Waals surface area contributed by atoms with Gasteiger partial charge in [-0.15, -0.1) is 11.3 Å². The molecule has 116 valence electrons. The minimum absolute atomic E-state index is 0.0608. The second-order valence-corrected chi connectivity index (χ2v) is 6.32. The average molecular weight is 317 g/mol. The maximum atomic E-state index is 12.1. The van der Waals surface area contributed by atoms with Gasteiger partial charge >= 0.3 is 0 Å². The number of fused-ring (bicyclic) bond motifs is 1. The van der Waals surface area contributed by atoms with Crippen LogP contribution >= 0.6 is 11.3 Å². The van der Waals surface area contributed by atoms with E-state index in [0.717, 1.165) is 6.54 Å². The molecular weight excluding hydrogens is 298 g/mol. The number of nitrogens with one attached hydrogen (secondary N) is 2. The quantitative estimate of drug-likeness (QED) is 0.894. The van der Waals surface area contributed by atoms with Gasteiger partial charge in [-0.25, -0.2) is 0 Å². The number of carbonyl (C=O) groups excluding carboxylic acids is 2. The lowest BCUT2D eigenvalue weighted by atomic mass is 10.1. The molecule has 1 aliphatic rings. The van der Waals surface area contributed by atoms with Crippen LogP contribution in [0, 0.1) is 0 Å². The van der Waals surface area contributed by atoms with Gasteiger partial charge in [0.1, 0.15) is 0 Å². The van der Waals surface area contributed by atoms with Crippen molar-refractivity contribution >= 4 is 33.2 Å². The van der Waals surface area contributed by atoms with Crippen molar-refractivity contribution in [3.63, 3.8) is 0 Å². The van der Waals surface area contributed by atoms with Crippen molar-refractivity contribution in [3.05, 3.63) is 35.2 Å². The Balaban J connectivity index is 1.82. The molecule has 2 N–H and O–H groups in total. The molecule has 1 aromatic heterocycles. The second-order valence-electron chi connectivity index (χ2n) is 5.41. The number of hydrogen-bond acceptors (Lipinski definition) is 4. The highest BCUT2D eigenvalue weighted by atomic mass is 32.1. The summed E-state index contributed by atoms with van der Waals surface area (Å²) in [6.07, 6.45) is 0.199. The van der Waals surface area contributed by atoms with Crippen LogP contribution < -0.4 is 10.6 Å². The van der Waals surface area contributed by atoms with E-state index in [1.807, 2.05) is 12.1 Å². The minimum Gasteiger partial charge on any atom is -0.359 e. The van der Waals surface area contributed by atoms with Crippen molar-refractivity contribution in [1.82, 2.24) is 15.5 Å². The fourth-order valence-electron chi connectivity index (χ4n) is 2.82. The molecule has 22 heavy (non-hydrogen) atoms. The van der Waals surface area contributed by atoms with Gasteiger partial charge in [-0.3, -0.25) is 14.5 Å². The van der Waals surface area contributed by atoms with Crippen LogP contribution in [0.25, 0.3) is 10.1 Å². The highest BCUT2D eigenvalue weighted by Crippen LogP contribution is 2.27. The lowest BCUT2D eigenvalue weighted by Gasteiger charge is -2.34. The van der Waals surface area contributed by atoms with Crippen molar-refractivity contribution in [2.45, 2.75) is 19.0 Å². The smallest absolute Gasteiger partial charge is 0.237 e. The number of thiophene rings is 1. The molecule has 1 fully saturated rings. The van der Waals surface area contributed by atoms with Gasteiger partial charge in [0.2, 0.25) is 11.8 Å². The third-order valence-electron chi connectivity index (χ3n) is 4.03. The van der Waals surface area contributed by atoms with E-state index < -0.39 is 6.04 Å². The Morgan fingerprint density at radius 2 is 2.27 bits per heavy atom. The van der Waals surface area contributed by atoms with Crippen molar-refractivity contribution in [2.24, 2.45) is 0 Å². The van der Waals surface area contributed by atoms with Gasteiger partial charge in [0.15, 0.2) is 0 Å². The summed E-state index contributed by atoms with van der Waals surface area (Å²) in [4.78, 5) is 25.9. The summed E-state index contributed by atoms with van der Waals surface area (Å²) in [7, 11) is 1.60. The van der Waals surface area contributed by atoms with Crippen LogP contribution in [-0.4, -0.2) is 42.9 Å². The van der Waals surface area contributed by atoms with Gasteiger partial charge in [0.25, 0.3) is 0 Å². The second kappa shape index (κ2) is 6.46. The highest BCUT2D eigenvalue weighted by Gasteiger charge is 2.31. The summed E-state index contributed by atoms with van der Waals surface area (Å²) in [5.74, 6) is -0.170. The first-order chi connectivity index (χ1) is 10.7. The van der Waals surface area contributed by atoms with E-state index in [2.05, 4.69) is 33.0 Å². The molecule has 0 spiro atoms. The molecule has 2 aromatic rings. The molecule has 0 bridgehead atoms. The molecule has 1 atom stereocenters. The molecule has 1 unspecified atom stereocenters. The van der Waals surface area contributed by atoms with E-state index in [1.54, 1.807) is 18.4 Å². The van der Waals surface area contributed by atoms with Gasteiger partial charge in [-0.2, -0.15) is 0 Å². The first kappa shape index (κ1) is 15.0. The van der Waals surface area contributed by atoms with Crippen LogP contribution in [-0.2, 0) is 16.1 Å². The zero-order valence-electron chi connectivity index (χ0n) is 12.5. The monoisotopic (exact) mass is 317 g/mol. The molecule has 0 saturated carbocycles. The van der Waals surface area contributed by atoms with Gasteiger partial charge < -0.3 is 10.6 Å². The molecule has 1 aliphatic heterocycles. The van der Waals surface area contributed by atoms with Crippen molar-refractivity contribution < 1.29 is 9.59 Å². The number of piperazine rings is 1. The molecule has 1 saturated heterocycles. The Bertz CT molecular complexity index is 698. The molecule has 0 aliphatic carbocycles. The lowest BCUT2D eigenvalue weighted by Crippen LogP contribution is -2.55. The number of amides is 2. The summed E-state index contributed by atoms with van der Waals surface area (Å²) in [5.41, 5.74) is 1.22. The summed E-state index contributed by atoms with van der Waals surface area (Å²) >= 11 is 1.72. The minimum atomic E-state index is -0.396. The largest absolute Gasteiger partial charge is 0.359 e. The standard InChI is InChI=1S/C16H19N3O2S/c1-17-15(20)8-13-16(21)18-6-7-19(13)9-11-10-22-14-5-3-2-4-12(11)14/h2-5,10,13H,6-9H2,1H3,(H,17,20)(H,18,21). The normalized spacial score (nSPS) is 19.1. The van der Waals surface area contributed by atoms with E-state index in [4.69, 9.17) is 0 Å². The summed E-state index contributed by atoms with van der Waals surface area (Å²) in [6.45, 7) is 2.09. The van der Waals surface area contributed by atoms with E-state index in [9.17, 15) is 9.59 Å². The number of benzene rings is 1. The molecule has 2 amide bonds. The van der Waals surface area contributed by atoms with Gasteiger partial charge in [-0.05, 0) is 22.4 Å². The van der Waals surface area contributed by atoms with E-state index in [1.165, 1.54) is 15.6 Å². The Hall–Kier alpha value is -1.92. The maximum absolute atomic E-state index is 12.1. The van der Waals surface area contributed by atoms with Crippen molar-refractivity contribution in [3.8, 4) is 0 Å². The van der Waals surface area contributed by atoms with Gasteiger partial charge in [-0.1, -0.05) is 18.2 Å². The van der Waals surface area contributed by atoms with Gasteiger partial charge in [0.05, 0.1) is 12.5 Å². The van der Waals surface area contributed by atoms with Crippen LogP contribution in [0.2, 0.25) is 0 Å². The van der Waals surface area contributed by atoms with Crippen LogP contribution in [0.1, 0.15) is 12.0 Å². The van der Waals surface area contributed by atoms with E-state index in [0.29, 0.717) is 13.1 Å². The van der Waals surface area contributed by atoms with Crippen molar-refractivity contribution in [1.29, 1.82) is 0 Å². The first-order valence-electron chi connectivity index (χ1n) is 7.36. The fraction of sp³-hybridized carbons (Fsp3) is 0.375. The van der Waals surface area contributed by atoms with Crippen molar-refractivity contribution in [2.75, 3.05) is 20.1 Å². The highest BCUT2D eigenvalue weighted by molar-refractivity contribution is 7.17. The Labute approximate surface area is 133 Å². The molecule has 1 aromatic carbocycles. The van der Waals surface area contributed by atoms with Gasteiger partial charge in [0, 0.05) is 31.4 Å². The molecule has 2 heterocycles. The molecule has 3 rings (SSSR count). The number of hydrogen-bond donors (Lipinski definition) is 2. The Morgan fingerprint density at radius 3 is 3.09 bits per heavy atom. The first-order valence-corrected chi connectivity index (χ1v) is 8.24. The van der Waals surface area contributed by atoms with E-state index >= 15 is 0 Å². The van der Waals surface area contributed by atoms with Crippen LogP contribution in [0.3, 0.4) is 0 Å². The van der Waals surface area contributed by atoms with Crippen LogP contribution in [0.15, 0.2) is 29.6 Å². The summed E-state index contributed by atoms with van der Waals surface area (Å²) in [6, 6.07) is 7.88. The fourth-order valence-corrected chi connectivity index (χ4v) is 3.78. The summed E-state index contributed by atoms with van der Waals surface area (Å²) < 4.78 is 1.25. The SMILES string of the molecule is CNC(=O)CC1C(=O)NCCN1Cc1csc2ccccc12. The molecule has 6 heteroatoms.